The van der Waals surface area contributed by atoms with E-state index >= 15 is 0 Å². The summed E-state index contributed by atoms with van der Waals surface area (Å²) in [6.45, 7) is 11.9. The smallest absolute Gasteiger partial charge is 0.163 e. The van der Waals surface area contributed by atoms with Crippen LogP contribution in [0.3, 0.4) is 0 Å². The van der Waals surface area contributed by atoms with Crippen LogP contribution in [0.5, 0.6) is 0 Å². The van der Waals surface area contributed by atoms with Crippen LogP contribution in [-0.4, -0.2) is 12.9 Å². The number of carbonyl (C=O) groups excluding carboxylic acids is 1. The summed E-state index contributed by atoms with van der Waals surface area (Å²) in [5.41, 5.74) is 10.7. The van der Waals surface area contributed by atoms with Crippen molar-refractivity contribution in [1.82, 2.24) is 0 Å². The molecule has 4 heteroatoms. The number of allylic oxidation sites excluding steroid dienone is 2. The molecule has 0 unspecified atom stereocenters. The van der Waals surface area contributed by atoms with Gasteiger partial charge in [0.15, 0.2) is 11.4 Å². The number of ether oxygens (including phenoxy) is 1. The lowest BCUT2D eigenvalue weighted by molar-refractivity contribution is -0.111. The molecule has 0 amide bonds. The molecular formula is C34H33NO3. The molecule has 0 N–H and O–H groups in total. The molecular weight excluding hydrogens is 470 g/mol. The van der Waals surface area contributed by atoms with Crippen LogP contribution in [0.2, 0.25) is 0 Å². The molecule has 0 spiro atoms. The summed E-state index contributed by atoms with van der Waals surface area (Å²) in [6, 6.07) is 24.9. The zero-order chi connectivity index (χ0) is 27.1. The van der Waals surface area contributed by atoms with E-state index in [0.29, 0.717) is 11.3 Å². The number of Topliss-reactive ketones (excluding diaryl/α,β-unsaturated/α-hetero) is 1. The van der Waals surface area contributed by atoms with Crippen molar-refractivity contribution in [2.24, 2.45) is 0 Å². The van der Waals surface area contributed by atoms with Crippen molar-refractivity contribution in [3.63, 3.8) is 0 Å². The van der Waals surface area contributed by atoms with Crippen LogP contribution in [0.1, 0.15) is 41.7 Å². The van der Waals surface area contributed by atoms with Gasteiger partial charge in [0.1, 0.15) is 11.3 Å². The molecule has 5 rings (SSSR count). The molecule has 5 aromatic rings. The van der Waals surface area contributed by atoms with Gasteiger partial charge in [-0.25, -0.2) is 0 Å². The van der Waals surface area contributed by atoms with Crippen LogP contribution in [0.15, 0.2) is 83.0 Å². The molecule has 4 nitrogen and oxygen atoms in total. The minimum atomic E-state index is -0.00550. The second-order valence-corrected chi connectivity index (χ2v) is 9.84. The summed E-state index contributed by atoms with van der Waals surface area (Å²) in [5, 5.41) is 2.18. The minimum Gasteiger partial charge on any atom is -0.501 e. The van der Waals surface area contributed by atoms with E-state index in [1.807, 2.05) is 31.2 Å². The van der Waals surface area contributed by atoms with Gasteiger partial charge in [-0.05, 0) is 93.6 Å². The second kappa shape index (κ2) is 9.86. The van der Waals surface area contributed by atoms with Crippen molar-refractivity contribution in [1.29, 1.82) is 0 Å². The first kappa shape index (κ1) is 25.3. The summed E-state index contributed by atoms with van der Waals surface area (Å²) in [6.07, 6.45) is 0. The molecule has 0 aliphatic rings. The van der Waals surface area contributed by atoms with Gasteiger partial charge in [-0.15, -0.1) is 0 Å². The van der Waals surface area contributed by atoms with Gasteiger partial charge in [-0.2, -0.15) is 0 Å². The number of methoxy groups -OCH3 is 1. The first-order chi connectivity index (χ1) is 18.3. The highest BCUT2D eigenvalue weighted by atomic mass is 16.5. The fraction of sp³-hybridized carbons (Fsp3) is 0.206. The fourth-order valence-electron chi connectivity index (χ4n) is 5.58. The van der Waals surface area contributed by atoms with E-state index in [4.69, 9.17) is 9.15 Å². The minimum absolute atomic E-state index is 0.00550. The Morgan fingerprint density at radius 1 is 0.737 bits per heavy atom. The molecule has 0 fully saturated rings. The van der Waals surface area contributed by atoms with Crippen molar-refractivity contribution < 1.29 is 13.9 Å². The number of rotatable bonds is 6. The highest BCUT2D eigenvalue weighted by Crippen LogP contribution is 2.47. The summed E-state index contributed by atoms with van der Waals surface area (Å²) in [5.74, 6) is 0.622. The maximum absolute atomic E-state index is 12.8. The average molecular weight is 504 g/mol. The van der Waals surface area contributed by atoms with Gasteiger partial charge in [0.05, 0.1) is 24.1 Å². The largest absolute Gasteiger partial charge is 0.501 e. The van der Waals surface area contributed by atoms with Crippen LogP contribution in [0, 0.1) is 27.7 Å². The Morgan fingerprint density at radius 2 is 1.34 bits per heavy atom. The van der Waals surface area contributed by atoms with E-state index in [2.05, 4.69) is 81.1 Å². The zero-order valence-electron chi connectivity index (χ0n) is 23.1. The maximum Gasteiger partial charge on any atom is 0.163 e. The topological polar surface area (TPSA) is 42.7 Å². The Morgan fingerprint density at radius 3 is 1.97 bits per heavy atom. The van der Waals surface area contributed by atoms with Gasteiger partial charge in [-0.1, -0.05) is 48.5 Å². The third-order valence-corrected chi connectivity index (χ3v) is 7.71. The number of para-hydroxylation sites is 3. The Hall–Kier alpha value is -4.31. The van der Waals surface area contributed by atoms with Crippen molar-refractivity contribution in [2.75, 3.05) is 12.0 Å². The van der Waals surface area contributed by atoms with Gasteiger partial charge in [0.25, 0.3) is 0 Å². The third-order valence-electron chi connectivity index (χ3n) is 7.71. The number of hydrogen-bond acceptors (Lipinski definition) is 4. The highest BCUT2D eigenvalue weighted by molar-refractivity contribution is 6.21. The summed E-state index contributed by atoms with van der Waals surface area (Å²) in [4.78, 5) is 15.1. The monoisotopic (exact) mass is 503 g/mol. The predicted octanol–water partition coefficient (Wildman–Crippen LogP) is 9.26. The SMILES string of the molecule is CO/C(C)=C(\C(C)=O)c1c(C)c(C)c(N(c2ccccc2)c2cccc3c2oc2ccccc23)c(C)c1C. The maximum atomic E-state index is 12.8. The molecule has 0 aliphatic heterocycles. The summed E-state index contributed by atoms with van der Waals surface area (Å²) < 4.78 is 12.0. The lowest BCUT2D eigenvalue weighted by Gasteiger charge is -2.32. The first-order valence-corrected chi connectivity index (χ1v) is 12.9. The van der Waals surface area contributed by atoms with Crippen LogP contribution >= 0.6 is 0 Å². The van der Waals surface area contributed by atoms with Crippen molar-refractivity contribution in [3.05, 3.63) is 106 Å². The molecule has 1 aromatic heterocycles. The van der Waals surface area contributed by atoms with E-state index in [-0.39, 0.29) is 5.78 Å². The number of hydrogen-bond donors (Lipinski definition) is 0. The molecule has 1 heterocycles. The molecule has 0 atom stereocenters. The van der Waals surface area contributed by atoms with Crippen LogP contribution in [0.25, 0.3) is 27.5 Å². The Balaban J connectivity index is 1.87. The lowest BCUT2D eigenvalue weighted by atomic mass is 9.85. The van der Waals surface area contributed by atoms with E-state index in [1.165, 1.54) is 0 Å². The standard InChI is InChI=1S/C34H33NO3/c1-20-22(3)33(23(4)21(2)31(20)32(24(5)36)25(6)37-7)35(26-14-9-8-10-15-26)29-18-13-17-28-27-16-11-12-19-30(27)38-34(28)29/h8-19H,1-7H3/b32-25+. The Kier molecular flexibility index (Phi) is 6.58. The van der Waals surface area contributed by atoms with Crippen LogP contribution < -0.4 is 4.90 Å². The number of nitrogens with zero attached hydrogens (tertiary/aromatic N) is 1. The van der Waals surface area contributed by atoms with Crippen LogP contribution in [0.4, 0.5) is 17.1 Å². The quantitative estimate of drug-likeness (QED) is 0.171. The average Bonchev–Trinajstić information content (AvgIpc) is 3.31. The number of benzene rings is 4. The molecule has 0 aliphatic carbocycles. The molecule has 38 heavy (non-hydrogen) atoms. The lowest BCUT2D eigenvalue weighted by Crippen LogP contribution is -2.16. The van der Waals surface area contributed by atoms with Gasteiger partial charge < -0.3 is 14.1 Å². The van der Waals surface area contributed by atoms with E-state index in [1.54, 1.807) is 14.0 Å². The third kappa shape index (κ3) is 3.97. The first-order valence-electron chi connectivity index (χ1n) is 12.9. The number of anilines is 3. The number of fused-ring (bicyclic) bond motifs is 3. The van der Waals surface area contributed by atoms with Gasteiger partial charge in [0, 0.05) is 16.5 Å². The van der Waals surface area contributed by atoms with Crippen LogP contribution in [-0.2, 0) is 9.53 Å². The molecule has 192 valence electrons. The predicted molar refractivity (Wildman–Crippen MR) is 158 cm³/mol. The highest BCUT2D eigenvalue weighted by Gasteiger charge is 2.27. The summed E-state index contributed by atoms with van der Waals surface area (Å²) in [7, 11) is 1.61. The summed E-state index contributed by atoms with van der Waals surface area (Å²) >= 11 is 0. The molecule has 0 saturated carbocycles. The van der Waals surface area contributed by atoms with E-state index < -0.39 is 0 Å². The number of carbonyl (C=O) groups is 1. The van der Waals surface area contributed by atoms with Crippen molar-refractivity contribution in [2.45, 2.75) is 41.5 Å². The molecule has 0 saturated heterocycles. The zero-order valence-corrected chi connectivity index (χ0v) is 23.1. The van der Waals surface area contributed by atoms with Gasteiger partial charge in [0.2, 0.25) is 0 Å². The fourth-order valence-corrected chi connectivity index (χ4v) is 5.58. The Labute approximate surface area is 224 Å². The van der Waals surface area contributed by atoms with Gasteiger partial charge in [-0.3, -0.25) is 4.79 Å². The number of ketones is 1. The van der Waals surface area contributed by atoms with Crippen molar-refractivity contribution >= 4 is 50.4 Å². The Bertz CT molecular complexity index is 1690. The van der Waals surface area contributed by atoms with E-state index in [0.717, 1.165) is 66.8 Å². The molecule has 0 radical (unpaired) electrons. The number of furan rings is 1. The molecule has 0 bridgehead atoms. The van der Waals surface area contributed by atoms with Gasteiger partial charge >= 0.3 is 0 Å². The van der Waals surface area contributed by atoms with Crippen molar-refractivity contribution in [3.8, 4) is 0 Å². The second-order valence-electron chi connectivity index (χ2n) is 9.84. The molecule has 4 aromatic carbocycles. The normalized spacial score (nSPS) is 12.1. The van der Waals surface area contributed by atoms with E-state index in [9.17, 15) is 4.79 Å².